The van der Waals surface area contributed by atoms with Crippen LogP contribution in [-0.4, -0.2) is 32.1 Å². The molecule has 0 fully saturated rings. The average Bonchev–Trinajstić information content (AvgIpc) is 3.27. The molecule has 0 aromatic heterocycles. The van der Waals surface area contributed by atoms with Gasteiger partial charge in [0, 0.05) is 5.69 Å². The number of carbonyl (C=O) groups excluding carboxylic acids is 3. The Bertz CT molecular complexity index is 1200. The summed E-state index contributed by atoms with van der Waals surface area (Å²) in [6.45, 7) is 0. The van der Waals surface area contributed by atoms with Crippen LogP contribution in [0.25, 0.3) is 10.8 Å². The molecule has 0 saturated carbocycles. The second-order valence-electron chi connectivity index (χ2n) is 7.78. The normalized spacial score (nSPS) is 15.6. The lowest BCUT2D eigenvalue weighted by atomic mass is 9.79. The van der Waals surface area contributed by atoms with Crippen LogP contribution in [0.15, 0.2) is 48.5 Å². The molecule has 1 N–H and O–H groups in total. The van der Waals surface area contributed by atoms with Crippen molar-refractivity contribution in [3.63, 3.8) is 0 Å². The summed E-state index contributed by atoms with van der Waals surface area (Å²) in [6, 6.07) is 15.1. The number of fused-ring (bicyclic) bond motifs is 4. The minimum Gasteiger partial charge on any atom is -0.465 e. The van der Waals surface area contributed by atoms with Crippen molar-refractivity contribution < 1.29 is 23.9 Å². The van der Waals surface area contributed by atoms with E-state index in [2.05, 4.69) is 5.32 Å². The summed E-state index contributed by atoms with van der Waals surface area (Å²) < 4.78 is 9.69. The van der Waals surface area contributed by atoms with Gasteiger partial charge < -0.3 is 14.8 Å². The van der Waals surface area contributed by atoms with Crippen molar-refractivity contribution in [2.24, 2.45) is 0 Å². The second kappa shape index (κ2) is 6.42. The number of rotatable bonds is 2. The quantitative estimate of drug-likeness (QED) is 0.666. The summed E-state index contributed by atoms with van der Waals surface area (Å²) in [5, 5.41) is 4.63. The van der Waals surface area contributed by atoms with Crippen LogP contribution in [0.4, 0.5) is 5.69 Å². The van der Waals surface area contributed by atoms with Gasteiger partial charge in [-0.3, -0.25) is 4.79 Å². The van der Waals surface area contributed by atoms with Crippen molar-refractivity contribution in [1.82, 2.24) is 0 Å². The Kier molecular flexibility index (Phi) is 3.93. The SMILES string of the molecule is COC(=O)c1cc2cc3c(cc2cc1C(=O)OC)CC1(C3)C(=O)Nc2ccccc21. The van der Waals surface area contributed by atoms with Gasteiger partial charge in [-0.05, 0) is 58.5 Å². The lowest BCUT2D eigenvalue weighted by Crippen LogP contribution is -2.35. The summed E-state index contributed by atoms with van der Waals surface area (Å²) in [5.74, 6) is -1.19. The molecular formula is C24H19NO5. The maximum absolute atomic E-state index is 12.9. The fraction of sp³-hybridized carbons (Fsp3) is 0.208. The molecule has 0 atom stereocenters. The minimum atomic E-state index is -0.618. The van der Waals surface area contributed by atoms with Crippen LogP contribution in [0.2, 0.25) is 0 Å². The molecule has 1 aliphatic heterocycles. The molecule has 0 radical (unpaired) electrons. The summed E-state index contributed by atoms with van der Waals surface area (Å²) in [5.41, 5.74) is 3.71. The number of nitrogens with one attached hydrogen (secondary N) is 1. The second-order valence-corrected chi connectivity index (χ2v) is 7.78. The Morgan fingerprint density at radius 1 is 0.867 bits per heavy atom. The van der Waals surface area contributed by atoms with Crippen molar-refractivity contribution in [3.05, 3.63) is 76.3 Å². The monoisotopic (exact) mass is 401 g/mol. The Morgan fingerprint density at radius 3 is 1.93 bits per heavy atom. The van der Waals surface area contributed by atoms with Crippen LogP contribution in [0.5, 0.6) is 0 Å². The number of anilines is 1. The first-order chi connectivity index (χ1) is 14.5. The molecular weight excluding hydrogens is 382 g/mol. The van der Waals surface area contributed by atoms with Gasteiger partial charge in [0.25, 0.3) is 0 Å². The Morgan fingerprint density at radius 2 is 1.40 bits per heavy atom. The van der Waals surface area contributed by atoms with E-state index in [0.717, 1.165) is 33.2 Å². The first-order valence-electron chi connectivity index (χ1n) is 9.64. The number of methoxy groups -OCH3 is 2. The van der Waals surface area contributed by atoms with E-state index in [0.29, 0.717) is 12.8 Å². The zero-order chi connectivity index (χ0) is 21.0. The molecule has 1 aliphatic carbocycles. The van der Waals surface area contributed by atoms with Crippen LogP contribution in [0.1, 0.15) is 37.4 Å². The molecule has 5 rings (SSSR count). The third kappa shape index (κ3) is 2.46. The van der Waals surface area contributed by atoms with Crippen LogP contribution in [0.3, 0.4) is 0 Å². The van der Waals surface area contributed by atoms with Gasteiger partial charge in [0.05, 0.1) is 30.8 Å². The molecule has 1 amide bonds. The van der Waals surface area contributed by atoms with Gasteiger partial charge in [0.1, 0.15) is 0 Å². The molecule has 0 bridgehead atoms. The number of esters is 2. The number of benzene rings is 3. The largest absolute Gasteiger partial charge is 0.465 e. The third-order valence-electron chi connectivity index (χ3n) is 6.22. The van der Waals surface area contributed by atoms with Gasteiger partial charge >= 0.3 is 11.9 Å². The minimum absolute atomic E-state index is 0.00876. The van der Waals surface area contributed by atoms with E-state index in [1.165, 1.54) is 14.2 Å². The highest BCUT2D eigenvalue weighted by Gasteiger charge is 2.50. The average molecular weight is 401 g/mol. The van der Waals surface area contributed by atoms with Crippen molar-refractivity contribution in [2.75, 3.05) is 19.5 Å². The zero-order valence-corrected chi connectivity index (χ0v) is 16.6. The van der Waals surface area contributed by atoms with E-state index >= 15 is 0 Å². The lowest BCUT2D eigenvalue weighted by molar-refractivity contribution is -0.120. The summed E-state index contributed by atoms with van der Waals surface area (Å²) in [4.78, 5) is 37.4. The van der Waals surface area contributed by atoms with E-state index in [4.69, 9.17) is 9.47 Å². The maximum Gasteiger partial charge on any atom is 0.338 e. The van der Waals surface area contributed by atoms with E-state index in [1.807, 2.05) is 36.4 Å². The highest BCUT2D eigenvalue weighted by atomic mass is 16.5. The van der Waals surface area contributed by atoms with Crippen molar-refractivity contribution in [1.29, 1.82) is 0 Å². The molecule has 1 heterocycles. The lowest BCUT2D eigenvalue weighted by Gasteiger charge is -2.20. The van der Waals surface area contributed by atoms with Crippen LogP contribution < -0.4 is 5.32 Å². The van der Waals surface area contributed by atoms with Crippen molar-refractivity contribution >= 4 is 34.3 Å². The smallest absolute Gasteiger partial charge is 0.338 e. The Balaban J connectivity index is 1.66. The predicted molar refractivity (Wildman–Crippen MR) is 111 cm³/mol. The third-order valence-corrected chi connectivity index (χ3v) is 6.22. The van der Waals surface area contributed by atoms with E-state index in [-0.39, 0.29) is 17.0 Å². The van der Waals surface area contributed by atoms with Gasteiger partial charge in [-0.1, -0.05) is 30.3 Å². The Hall–Kier alpha value is -3.67. The molecule has 30 heavy (non-hydrogen) atoms. The number of para-hydroxylation sites is 1. The summed E-state index contributed by atoms with van der Waals surface area (Å²) in [7, 11) is 2.55. The van der Waals surface area contributed by atoms with Gasteiger partial charge in [0.2, 0.25) is 5.91 Å². The van der Waals surface area contributed by atoms with Crippen molar-refractivity contribution in [2.45, 2.75) is 18.3 Å². The predicted octanol–water partition coefficient (Wildman–Crippen LogP) is 3.40. The fourth-order valence-electron chi connectivity index (χ4n) is 4.77. The highest BCUT2D eigenvalue weighted by Crippen LogP contribution is 2.48. The molecule has 0 unspecified atom stereocenters. The molecule has 6 nitrogen and oxygen atoms in total. The van der Waals surface area contributed by atoms with Gasteiger partial charge in [0.15, 0.2) is 0 Å². The Labute approximate surface area is 172 Å². The molecule has 1 spiro atoms. The number of hydrogen-bond acceptors (Lipinski definition) is 5. The van der Waals surface area contributed by atoms with E-state index in [9.17, 15) is 14.4 Å². The van der Waals surface area contributed by atoms with Crippen LogP contribution in [0, 0.1) is 0 Å². The fourth-order valence-corrected chi connectivity index (χ4v) is 4.77. The van der Waals surface area contributed by atoms with Gasteiger partial charge in [-0.25, -0.2) is 9.59 Å². The summed E-state index contributed by atoms with van der Waals surface area (Å²) in [6.07, 6.45) is 1.18. The number of hydrogen-bond donors (Lipinski definition) is 1. The van der Waals surface area contributed by atoms with E-state index < -0.39 is 17.4 Å². The number of amides is 1. The van der Waals surface area contributed by atoms with Crippen LogP contribution >= 0.6 is 0 Å². The van der Waals surface area contributed by atoms with E-state index in [1.54, 1.807) is 12.1 Å². The molecule has 150 valence electrons. The van der Waals surface area contributed by atoms with Crippen LogP contribution in [-0.2, 0) is 32.5 Å². The first-order valence-corrected chi connectivity index (χ1v) is 9.64. The topological polar surface area (TPSA) is 81.7 Å². The molecule has 6 heteroatoms. The zero-order valence-electron chi connectivity index (χ0n) is 16.6. The van der Waals surface area contributed by atoms with Crippen molar-refractivity contribution in [3.8, 4) is 0 Å². The summed E-state index contributed by atoms with van der Waals surface area (Å²) >= 11 is 0. The molecule has 0 saturated heterocycles. The number of carbonyl (C=O) groups is 3. The maximum atomic E-state index is 12.9. The number of ether oxygens (including phenoxy) is 2. The molecule has 2 aliphatic rings. The molecule has 3 aromatic rings. The standard InChI is InChI=1S/C24H19NO5/c1-29-21(26)17-9-13-7-15-11-24(19-5-3-4-6-20(19)25-23(24)28)12-16(15)8-14(13)10-18(17)22(27)30-2/h3-10H,11-12H2,1-2H3,(H,25,28). The highest BCUT2D eigenvalue weighted by molar-refractivity contribution is 6.09. The molecule has 3 aromatic carbocycles. The van der Waals surface area contributed by atoms with Gasteiger partial charge in [-0.15, -0.1) is 0 Å². The van der Waals surface area contributed by atoms with Gasteiger partial charge in [-0.2, -0.15) is 0 Å². The first kappa shape index (κ1) is 18.4.